The zero-order valence-corrected chi connectivity index (χ0v) is 19.9. The summed E-state index contributed by atoms with van der Waals surface area (Å²) in [4.78, 5) is 26.6. The molecule has 3 rings (SSSR count). The molecule has 0 bridgehead atoms. The Morgan fingerprint density at radius 3 is 2.48 bits per heavy atom. The minimum absolute atomic E-state index is 0.0968. The van der Waals surface area contributed by atoms with Gasteiger partial charge in [0.2, 0.25) is 5.91 Å². The van der Waals surface area contributed by atoms with Gasteiger partial charge in [-0.2, -0.15) is 0 Å². The average molecular weight is 440 g/mol. The number of hydrogen-bond acceptors (Lipinski definition) is 4. The standard InChI is InChI=1S/C26H33NO3S/c1-5-17-30-25(29)23-20-9-7-6-8-10-21(20)31-24(23)27-22(28)16-13-18-11-14-19(15-12-18)26(2,3)4/h11-16H,5-10,17H2,1-4H3,(H,27,28). The second-order valence-electron chi connectivity index (χ2n) is 9.10. The molecular formula is C26H33NO3S. The number of anilines is 1. The van der Waals surface area contributed by atoms with Crippen LogP contribution in [-0.2, 0) is 27.8 Å². The van der Waals surface area contributed by atoms with Crippen molar-refractivity contribution in [3.8, 4) is 0 Å². The Morgan fingerprint density at radius 2 is 1.81 bits per heavy atom. The Kier molecular flexibility index (Phi) is 7.71. The molecular weight excluding hydrogens is 406 g/mol. The van der Waals surface area contributed by atoms with Gasteiger partial charge in [0, 0.05) is 11.0 Å². The van der Waals surface area contributed by atoms with Gasteiger partial charge in [0.15, 0.2) is 0 Å². The normalized spacial score (nSPS) is 14.2. The van der Waals surface area contributed by atoms with Crippen LogP contribution >= 0.6 is 11.3 Å². The summed E-state index contributed by atoms with van der Waals surface area (Å²) >= 11 is 1.53. The maximum absolute atomic E-state index is 12.8. The maximum atomic E-state index is 12.8. The number of thiophene rings is 1. The van der Waals surface area contributed by atoms with E-state index in [4.69, 9.17) is 4.74 Å². The fraction of sp³-hybridized carbons (Fsp3) is 0.462. The summed E-state index contributed by atoms with van der Waals surface area (Å²) < 4.78 is 5.43. The van der Waals surface area contributed by atoms with Gasteiger partial charge in [0.25, 0.3) is 0 Å². The molecule has 0 spiro atoms. The van der Waals surface area contributed by atoms with Crippen molar-refractivity contribution in [1.82, 2.24) is 0 Å². The van der Waals surface area contributed by atoms with Crippen LogP contribution in [0.3, 0.4) is 0 Å². The van der Waals surface area contributed by atoms with E-state index in [1.165, 1.54) is 34.3 Å². The number of ether oxygens (including phenoxy) is 1. The van der Waals surface area contributed by atoms with E-state index >= 15 is 0 Å². The fourth-order valence-corrected chi connectivity index (χ4v) is 5.01. The lowest BCUT2D eigenvalue weighted by atomic mass is 9.87. The van der Waals surface area contributed by atoms with Crippen LogP contribution in [0.4, 0.5) is 5.00 Å². The molecule has 1 aromatic carbocycles. The highest BCUT2D eigenvalue weighted by molar-refractivity contribution is 7.17. The summed E-state index contributed by atoms with van der Waals surface area (Å²) in [5, 5.41) is 3.56. The largest absolute Gasteiger partial charge is 0.462 e. The number of rotatable bonds is 6. The number of fused-ring (bicyclic) bond motifs is 1. The number of carbonyl (C=O) groups excluding carboxylic acids is 2. The average Bonchev–Trinajstić information content (AvgIpc) is 2.90. The number of esters is 1. The molecule has 2 aromatic rings. The van der Waals surface area contributed by atoms with E-state index in [-0.39, 0.29) is 17.3 Å². The molecule has 1 N–H and O–H groups in total. The van der Waals surface area contributed by atoms with Gasteiger partial charge in [-0.15, -0.1) is 11.3 Å². The Balaban J connectivity index is 1.77. The zero-order chi connectivity index (χ0) is 22.4. The van der Waals surface area contributed by atoms with E-state index in [9.17, 15) is 9.59 Å². The highest BCUT2D eigenvalue weighted by Gasteiger charge is 2.26. The third-order valence-electron chi connectivity index (χ3n) is 5.50. The molecule has 1 aliphatic carbocycles. The predicted molar refractivity (Wildman–Crippen MR) is 129 cm³/mol. The van der Waals surface area contributed by atoms with Crippen molar-refractivity contribution in [2.75, 3.05) is 11.9 Å². The molecule has 1 amide bonds. The van der Waals surface area contributed by atoms with Crippen LogP contribution in [0.2, 0.25) is 0 Å². The monoisotopic (exact) mass is 439 g/mol. The molecule has 1 aliphatic rings. The number of benzene rings is 1. The third-order valence-corrected chi connectivity index (χ3v) is 6.71. The molecule has 0 saturated carbocycles. The van der Waals surface area contributed by atoms with Gasteiger partial charge in [-0.25, -0.2) is 4.79 Å². The van der Waals surface area contributed by atoms with Crippen molar-refractivity contribution in [2.45, 2.75) is 71.6 Å². The van der Waals surface area contributed by atoms with Crippen molar-refractivity contribution in [2.24, 2.45) is 0 Å². The molecule has 0 saturated heterocycles. The van der Waals surface area contributed by atoms with Crippen LogP contribution < -0.4 is 5.32 Å². The van der Waals surface area contributed by atoms with Crippen LogP contribution in [0, 0.1) is 0 Å². The predicted octanol–water partition coefficient (Wildman–Crippen LogP) is 6.53. The molecule has 166 valence electrons. The van der Waals surface area contributed by atoms with Gasteiger partial charge in [-0.05, 0) is 60.3 Å². The van der Waals surface area contributed by atoms with E-state index < -0.39 is 0 Å². The van der Waals surface area contributed by atoms with Gasteiger partial charge in [-0.1, -0.05) is 58.4 Å². The Labute approximate surface area is 189 Å². The van der Waals surface area contributed by atoms with Crippen molar-refractivity contribution in [1.29, 1.82) is 0 Å². The molecule has 0 fully saturated rings. The van der Waals surface area contributed by atoms with Crippen molar-refractivity contribution in [3.05, 3.63) is 57.5 Å². The summed E-state index contributed by atoms with van der Waals surface area (Å²) in [6.45, 7) is 8.90. The minimum atomic E-state index is -0.321. The smallest absolute Gasteiger partial charge is 0.341 e. The number of carbonyl (C=O) groups is 2. The molecule has 0 atom stereocenters. The lowest BCUT2D eigenvalue weighted by Crippen LogP contribution is -2.13. The summed E-state index contributed by atoms with van der Waals surface area (Å²) in [6.07, 6.45) is 9.28. The van der Waals surface area contributed by atoms with Crippen molar-refractivity contribution < 1.29 is 14.3 Å². The molecule has 4 nitrogen and oxygen atoms in total. The first-order chi connectivity index (χ1) is 14.8. The van der Waals surface area contributed by atoms with E-state index in [0.717, 1.165) is 43.2 Å². The Hall–Kier alpha value is -2.40. The zero-order valence-electron chi connectivity index (χ0n) is 19.0. The number of aryl methyl sites for hydroxylation is 1. The summed E-state index contributed by atoms with van der Waals surface area (Å²) in [6, 6.07) is 8.22. The van der Waals surface area contributed by atoms with Crippen molar-refractivity contribution in [3.63, 3.8) is 0 Å². The van der Waals surface area contributed by atoms with E-state index in [0.29, 0.717) is 17.2 Å². The van der Waals surface area contributed by atoms with Gasteiger partial charge < -0.3 is 10.1 Å². The molecule has 0 radical (unpaired) electrons. The van der Waals surface area contributed by atoms with Crippen molar-refractivity contribution >= 4 is 34.3 Å². The first-order valence-corrected chi connectivity index (χ1v) is 12.0. The molecule has 1 heterocycles. The van der Waals surface area contributed by atoms with Gasteiger partial charge >= 0.3 is 5.97 Å². The van der Waals surface area contributed by atoms with Gasteiger partial charge in [-0.3, -0.25) is 4.79 Å². The third kappa shape index (κ3) is 6.07. The Morgan fingerprint density at radius 1 is 1.10 bits per heavy atom. The van der Waals surface area contributed by atoms with Crippen LogP contribution in [0.25, 0.3) is 6.08 Å². The first kappa shape index (κ1) is 23.3. The lowest BCUT2D eigenvalue weighted by Gasteiger charge is -2.18. The topological polar surface area (TPSA) is 55.4 Å². The molecule has 31 heavy (non-hydrogen) atoms. The number of hydrogen-bond donors (Lipinski definition) is 1. The number of amides is 1. The SMILES string of the molecule is CCCOC(=O)c1c(NC(=O)C=Cc2ccc(C(C)(C)C)cc2)sc2c1CCCCC2. The van der Waals surface area contributed by atoms with Crippen LogP contribution in [0.5, 0.6) is 0 Å². The molecule has 5 heteroatoms. The molecule has 0 aliphatic heterocycles. The van der Waals surface area contributed by atoms with Crippen LogP contribution in [0.15, 0.2) is 30.3 Å². The van der Waals surface area contributed by atoms with E-state index in [1.807, 2.05) is 19.1 Å². The van der Waals surface area contributed by atoms with Gasteiger partial charge in [0.05, 0.1) is 12.2 Å². The van der Waals surface area contributed by atoms with Crippen LogP contribution in [0.1, 0.15) is 85.3 Å². The second-order valence-corrected chi connectivity index (χ2v) is 10.2. The summed E-state index contributed by atoms with van der Waals surface area (Å²) in [5.74, 6) is -0.556. The highest BCUT2D eigenvalue weighted by atomic mass is 32.1. The van der Waals surface area contributed by atoms with Crippen LogP contribution in [-0.4, -0.2) is 18.5 Å². The quantitative estimate of drug-likeness (QED) is 0.316. The van der Waals surface area contributed by atoms with E-state index in [1.54, 1.807) is 6.08 Å². The second kappa shape index (κ2) is 10.3. The maximum Gasteiger partial charge on any atom is 0.341 e. The Bertz CT molecular complexity index is 948. The highest BCUT2D eigenvalue weighted by Crippen LogP contribution is 2.38. The molecule has 0 unspecified atom stereocenters. The summed E-state index contributed by atoms with van der Waals surface area (Å²) in [5.41, 5.74) is 3.95. The van der Waals surface area contributed by atoms with Gasteiger partial charge in [0.1, 0.15) is 5.00 Å². The summed E-state index contributed by atoms with van der Waals surface area (Å²) in [7, 11) is 0. The minimum Gasteiger partial charge on any atom is -0.462 e. The number of nitrogens with one attached hydrogen (secondary N) is 1. The lowest BCUT2D eigenvalue weighted by molar-refractivity contribution is -0.111. The molecule has 1 aromatic heterocycles. The van der Waals surface area contributed by atoms with E-state index in [2.05, 4.69) is 38.2 Å². The first-order valence-electron chi connectivity index (χ1n) is 11.2. The fourth-order valence-electron chi connectivity index (χ4n) is 3.73.